The Bertz CT molecular complexity index is 1230. The summed E-state index contributed by atoms with van der Waals surface area (Å²) in [6, 6.07) is 5.06. The molecule has 1 saturated heterocycles. The Morgan fingerprint density at radius 2 is 2.18 bits per heavy atom. The first-order valence-electron chi connectivity index (χ1n) is 8.51. The highest BCUT2D eigenvalue weighted by atomic mass is 32.2. The smallest absolute Gasteiger partial charge is 0.264 e. The Balaban J connectivity index is 1.57. The summed E-state index contributed by atoms with van der Waals surface area (Å²) >= 11 is 0. The van der Waals surface area contributed by atoms with Gasteiger partial charge in [-0.3, -0.25) is 14.2 Å². The molecule has 1 amide bonds. The zero-order chi connectivity index (χ0) is 19.9. The van der Waals surface area contributed by atoms with Crippen LogP contribution in [-0.2, 0) is 21.2 Å². The molecule has 2 aromatic heterocycles. The van der Waals surface area contributed by atoms with Gasteiger partial charge in [0.05, 0.1) is 23.7 Å². The fourth-order valence-electron chi connectivity index (χ4n) is 3.24. The van der Waals surface area contributed by atoms with Crippen molar-refractivity contribution in [2.75, 3.05) is 16.8 Å². The minimum Gasteiger partial charge on any atom is -0.324 e. The summed E-state index contributed by atoms with van der Waals surface area (Å²) in [7, 11) is -3.11. The van der Waals surface area contributed by atoms with E-state index in [1.165, 1.54) is 41.5 Å². The Morgan fingerprint density at radius 1 is 1.36 bits per heavy atom. The van der Waals surface area contributed by atoms with Crippen LogP contribution in [0.3, 0.4) is 0 Å². The van der Waals surface area contributed by atoms with Crippen LogP contribution in [0.2, 0.25) is 0 Å². The summed E-state index contributed by atoms with van der Waals surface area (Å²) in [6.07, 6.45) is 2.97. The quantitative estimate of drug-likeness (QED) is 0.684. The Kier molecular flexibility index (Phi) is 4.46. The van der Waals surface area contributed by atoms with Gasteiger partial charge in [0.2, 0.25) is 5.91 Å². The summed E-state index contributed by atoms with van der Waals surface area (Å²) in [4.78, 5) is 29.0. The summed E-state index contributed by atoms with van der Waals surface area (Å²) in [6.45, 7) is -0.304. The van der Waals surface area contributed by atoms with Gasteiger partial charge in [-0.2, -0.15) is 5.10 Å². The van der Waals surface area contributed by atoms with Crippen LogP contribution >= 0.6 is 0 Å². The van der Waals surface area contributed by atoms with E-state index in [1.54, 1.807) is 0 Å². The lowest BCUT2D eigenvalue weighted by Crippen LogP contribution is -2.28. The maximum absolute atomic E-state index is 13.2. The molecule has 1 aliphatic heterocycles. The van der Waals surface area contributed by atoms with Gasteiger partial charge in [0, 0.05) is 5.69 Å². The van der Waals surface area contributed by atoms with E-state index in [0.717, 1.165) is 4.57 Å². The van der Waals surface area contributed by atoms with E-state index in [4.69, 9.17) is 0 Å². The highest BCUT2D eigenvalue weighted by Crippen LogP contribution is 2.25. The van der Waals surface area contributed by atoms with Gasteiger partial charge in [-0.05, 0) is 24.6 Å². The molecule has 3 heterocycles. The van der Waals surface area contributed by atoms with Crippen molar-refractivity contribution >= 4 is 32.5 Å². The number of rotatable bonds is 4. The molecule has 0 saturated carbocycles. The van der Waals surface area contributed by atoms with Crippen molar-refractivity contribution in [3.05, 3.63) is 53.0 Å². The molecular formula is C17H16FN5O4S. The van der Waals surface area contributed by atoms with Gasteiger partial charge in [0.25, 0.3) is 5.56 Å². The second-order valence-corrected chi connectivity index (χ2v) is 8.85. The van der Waals surface area contributed by atoms with Gasteiger partial charge in [-0.25, -0.2) is 22.5 Å². The van der Waals surface area contributed by atoms with Crippen LogP contribution in [0.1, 0.15) is 12.5 Å². The number of nitrogens with zero attached hydrogens (tertiary/aromatic N) is 4. The van der Waals surface area contributed by atoms with Gasteiger partial charge in [0.15, 0.2) is 15.5 Å². The van der Waals surface area contributed by atoms with Crippen LogP contribution in [0.15, 0.2) is 41.6 Å². The Morgan fingerprint density at radius 3 is 2.89 bits per heavy atom. The number of aromatic nitrogens is 4. The Hall–Kier alpha value is -3.08. The van der Waals surface area contributed by atoms with Crippen molar-refractivity contribution in [1.29, 1.82) is 0 Å². The first-order chi connectivity index (χ1) is 13.3. The molecule has 146 valence electrons. The number of hydrogen-bond acceptors (Lipinski definition) is 6. The largest absolute Gasteiger partial charge is 0.324 e. The van der Waals surface area contributed by atoms with E-state index in [2.05, 4.69) is 15.4 Å². The topological polar surface area (TPSA) is 116 Å². The standard InChI is InChI=1S/C17H16FN5O4S/c18-11-2-1-3-12(6-11)21-15(24)8-22-10-19-16-14(17(22)25)7-20-23(16)13-4-5-28(26,27)9-13/h1-3,6-7,10,13H,4-5,8-9H2,(H,21,24). The van der Waals surface area contributed by atoms with Crippen molar-refractivity contribution in [3.8, 4) is 0 Å². The predicted molar refractivity (Wildman–Crippen MR) is 99.1 cm³/mol. The molecular weight excluding hydrogens is 389 g/mol. The van der Waals surface area contributed by atoms with Gasteiger partial charge in [0.1, 0.15) is 24.1 Å². The number of benzene rings is 1. The average molecular weight is 405 g/mol. The van der Waals surface area contributed by atoms with Gasteiger partial charge < -0.3 is 5.32 Å². The van der Waals surface area contributed by atoms with Crippen molar-refractivity contribution in [3.63, 3.8) is 0 Å². The van der Waals surface area contributed by atoms with Crippen LogP contribution in [0.25, 0.3) is 11.0 Å². The minimum absolute atomic E-state index is 0.0371. The van der Waals surface area contributed by atoms with Crippen molar-refractivity contribution < 1.29 is 17.6 Å². The molecule has 1 aliphatic rings. The number of fused-ring (bicyclic) bond motifs is 1. The third-order valence-corrected chi connectivity index (χ3v) is 6.31. The van der Waals surface area contributed by atoms with Crippen LogP contribution < -0.4 is 10.9 Å². The third-order valence-electron chi connectivity index (χ3n) is 4.56. The first-order valence-corrected chi connectivity index (χ1v) is 10.3. The molecule has 0 bridgehead atoms. The molecule has 3 aromatic rings. The second kappa shape index (κ2) is 6.82. The highest BCUT2D eigenvalue weighted by molar-refractivity contribution is 7.91. The zero-order valence-corrected chi connectivity index (χ0v) is 15.4. The monoisotopic (exact) mass is 405 g/mol. The number of anilines is 1. The molecule has 0 aliphatic carbocycles. The highest BCUT2D eigenvalue weighted by Gasteiger charge is 2.31. The molecule has 1 aromatic carbocycles. The van der Waals surface area contributed by atoms with Gasteiger partial charge >= 0.3 is 0 Å². The molecule has 9 nitrogen and oxygen atoms in total. The number of carbonyl (C=O) groups is 1. The molecule has 28 heavy (non-hydrogen) atoms. The zero-order valence-electron chi connectivity index (χ0n) is 14.6. The van der Waals surface area contributed by atoms with Crippen LogP contribution in [0, 0.1) is 5.82 Å². The molecule has 4 rings (SSSR count). The Labute approximate surface area is 158 Å². The number of sulfone groups is 1. The molecule has 1 fully saturated rings. The molecule has 1 N–H and O–H groups in total. The second-order valence-electron chi connectivity index (χ2n) is 6.62. The van der Waals surface area contributed by atoms with E-state index in [1.807, 2.05) is 0 Å². The number of halogens is 1. The van der Waals surface area contributed by atoms with Gasteiger partial charge in [-0.15, -0.1) is 0 Å². The van der Waals surface area contributed by atoms with Crippen molar-refractivity contribution in [2.45, 2.75) is 19.0 Å². The molecule has 0 radical (unpaired) electrons. The van der Waals surface area contributed by atoms with Crippen molar-refractivity contribution in [1.82, 2.24) is 19.3 Å². The first kappa shape index (κ1) is 18.3. The SMILES string of the molecule is O=C(Cn1cnc2c(cnn2C2CCS(=O)(=O)C2)c1=O)Nc1cccc(F)c1. The molecule has 0 spiro atoms. The van der Waals surface area contributed by atoms with E-state index in [9.17, 15) is 22.4 Å². The minimum atomic E-state index is -3.11. The van der Waals surface area contributed by atoms with Gasteiger partial charge in [-0.1, -0.05) is 6.07 Å². The van der Waals surface area contributed by atoms with E-state index < -0.39 is 27.1 Å². The van der Waals surface area contributed by atoms with Crippen molar-refractivity contribution in [2.24, 2.45) is 0 Å². The lowest BCUT2D eigenvalue weighted by atomic mass is 10.3. The number of nitrogens with one attached hydrogen (secondary N) is 1. The summed E-state index contributed by atoms with van der Waals surface area (Å²) < 4.78 is 39.2. The summed E-state index contributed by atoms with van der Waals surface area (Å²) in [5, 5.41) is 6.85. The maximum atomic E-state index is 13.2. The molecule has 11 heteroatoms. The summed E-state index contributed by atoms with van der Waals surface area (Å²) in [5.74, 6) is -0.955. The van der Waals surface area contributed by atoms with Crippen LogP contribution in [0.5, 0.6) is 0 Å². The van der Waals surface area contributed by atoms with E-state index >= 15 is 0 Å². The molecule has 1 atom stereocenters. The number of hydrogen-bond donors (Lipinski definition) is 1. The van der Waals surface area contributed by atoms with Crippen LogP contribution in [-0.4, -0.2) is 45.2 Å². The fraction of sp³-hybridized carbons (Fsp3) is 0.294. The van der Waals surface area contributed by atoms with E-state index in [-0.39, 0.29) is 40.8 Å². The summed E-state index contributed by atoms with van der Waals surface area (Å²) in [5.41, 5.74) is 0.0998. The predicted octanol–water partition coefficient (Wildman–Crippen LogP) is 0.730. The lowest BCUT2D eigenvalue weighted by Gasteiger charge is -2.10. The average Bonchev–Trinajstić information content (AvgIpc) is 3.20. The number of amides is 1. The normalized spacial score (nSPS) is 18.4. The maximum Gasteiger partial charge on any atom is 0.264 e. The third kappa shape index (κ3) is 3.52. The number of carbonyl (C=O) groups excluding carboxylic acids is 1. The van der Waals surface area contributed by atoms with E-state index in [0.29, 0.717) is 6.42 Å². The lowest BCUT2D eigenvalue weighted by molar-refractivity contribution is -0.116. The fourth-order valence-corrected chi connectivity index (χ4v) is 4.93. The molecule has 1 unspecified atom stereocenters. The van der Waals surface area contributed by atoms with Crippen LogP contribution in [0.4, 0.5) is 10.1 Å².